The minimum atomic E-state index is -4.39. The maximum absolute atomic E-state index is 12.2. The topological polar surface area (TPSA) is 50.4 Å². The zero-order valence-corrected chi connectivity index (χ0v) is 13.5. The lowest BCUT2D eigenvalue weighted by atomic mass is 9.97. The molecule has 0 aromatic heterocycles. The van der Waals surface area contributed by atoms with Crippen LogP contribution >= 0.6 is 12.4 Å². The first-order valence-electron chi connectivity index (χ1n) is 7.17. The Morgan fingerprint density at radius 3 is 2.61 bits per heavy atom. The number of halogens is 4. The minimum Gasteiger partial charge on any atom is -0.484 e. The van der Waals surface area contributed by atoms with Crippen molar-refractivity contribution in [2.75, 3.05) is 25.0 Å². The fourth-order valence-corrected chi connectivity index (χ4v) is 2.38. The van der Waals surface area contributed by atoms with Crippen LogP contribution in [0.5, 0.6) is 5.75 Å². The lowest BCUT2D eigenvalue weighted by molar-refractivity contribution is -0.153. The average molecular weight is 353 g/mol. The van der Waals surface area contributed by atoms with E-state index in [1.807, 2.05) is 0 Å². The van der Waals surface area contributed by atoms with Gasteiger partial charge in [0.05, 0.1) is 0 Å². The molecule has 0 unspecified atom stereocenters. The Hall–Kier alpha value is -1.47. The number of hydrogen-bond acceptors (Lipinski definition) is 3. The summed E-state index contributed by atoms with van der Waals surface area (Å²) in [6, 6.07) is 4.69. The van der Waals surface area contributed by atoms with Crippen molar-refractivity contribution in [2.45, 2.75) is 25.9 Å². The Kier molecular flexibility index (Phi) is 7.15. The highest BCUT2D eigenvalue weighted by Gasteiger charge is 2.29. The number of carbonyl (C=O) groups is 1. The first-order chi connectivity index (χ1) is 10.4. The van der Waals surface area contributed by atoms with Gasteiger partial charge >= 0.3 is 6.18 Å². The molecule has 1 aliphatic rings. The van der Waals surface area contributed by atoms with E-state index in [0.29, 0.717) is 11.3 Å². The molecule has 0 aliphatic carbocycles. The Morgan fingerprint density at radius 2 is 2.00 bits per heavy atom. The lowest BCUT2D eigenvalue weighted by Crippen LogP contribution is -2.34. The van der Waals surface area contributed by atoms with Crippen LogP contribution in [0.25, 0.3) is 0 Å². The van der Waals surface area contributed by atoms with Gasteiger partial charge in [0.1, 0.15) is 5.75 Å². The molecule has 130 valence electrons. The van der Waals surface area contributed by atoms with Crippen molar-refractivity contribution in [3.05, 3.63) is 23.8 Å². The highest BCUT2D eigenvalue weighted by Crippen LogP contribution is 2.28. The molecule has 1 amide bonds. The number of alkyl halides is 3. The van der Waals surface area contributed by atoms with E-state index in [1.54, 1.807) is 19.1 Å². The van der Waals surface area contributed by atoms with Gasteiger partial charge in [-0.25, -0.2) is 0 Å². The van der Waals surface area contributed by atoms with Crippen LogP contribution in [0.1, 0.15) is 18.4 Å². The Labute approximate surface area is 139 Å². The van der Waals surface area contributed by atoms with Crippen molar-refractivity contribution in [1.82, 2.24) is 5.32 Å². The second-order valence-corrected chi connectivity index (χ2v) is 5.35. The van der Waals surface area contributed by atoms with Crippen LogP contribution in [0, 0.1) is 12.8 Å². The van der Waals surface area contributed by atoms with Crippen molar-refractivity contribution in [1.29, 1.82) is 0 Å². The quantitative estimate of drug-likeness (QED) is 0.874. The average Bonchev–Trinajstić information content (AvgIpc) is 2.48. The summed E-state index contributed by atoms with van der Waals surface area (Å²) in [5.74, 6) is -0.0431. The molecular formula is C15H20ClF3N2O2. The van der Waals surface area contributed by atoms with Gasteiger partial charge in [0.2, 0.25) is 5.91 Å². The van der Waals surface area contributed by atoms with E-state index in [-0.39, 0.29) is 30.0 Å². The van der Waals surface area contributed by atoms with E-state index in [2.05, 4.69) is 10.6 Å². The molecule has 4 nitrogen and oxygen atoms in total. The predicted octanol–water partition coefficient (Wildman–Crippen LogP) is 3.30. The SMILES string of the molecule is Cc1c(NC(=O)C2CCNCC2)cccc1OCC(F)(F)F.Cl. The minimum absolute atomic E-state index is 0. The molecule has 23 heavy (non-hydrogen) atoms. The van der Waals surface area contributed by atoms with E-state index < -0.39 is 12.8 Å². The monoisotopic (exact) mass is 352 g/mol. The van der Waals surface area contributed by atoms with Gasteiger partial charge in [-0.05, 0) is 45.0 Å². The number of hydrogen-bond donors (Lipinski definition) is 2. The van der Waals surface area contributed by atoms with E-state index in [0.717, 1.165) is 25.9 Å². The highest BCUT2D eigenvalue weighted by atomic mass is 35.5. The second-order valence-electron chi connectivity index (χ2n) is 5.35. The van der Waals surface area contributed by atoms with Gasteiger partial charge in [-0.1, -0.05) is 6.07 Å². The molecule has 1 aromatic rings. The zero-order valence-electron chi connectivity index (χ0n) is 12.7. The van der Waals surface area contributed by atoms with Crippen LogP contribution in [-0.4, -0.2) is 31.8 Å². The van der Waals surface area contributed by atoms with Crippen molar-refractivity contribution >= 4 is 24.0 Å². The highest BCUT2D eigenvalue weighted by molar-refractivity contribution is 5.93. The molecule has 1 saturated heterocycles. The van der Waals surface area contributed by atoms with Gasteiger partial charge in [0.25, 0.3) is 0 Å². The smallest absolute Gasteiger partial charge is 0.422 e. The summed E-state index contributed by atoms with van der Waals surface area (Å²) in [6.07, 6.45) is -2.87. The number of carbonyl (C=O) groups excluding carboxylic acids is 1. The summed E-state index contributed by atoms with van der Waals surface area (Å²) in [7, 11) is 0. The fourth-order valence-electron chi connectivity index (χ4n) is 2.38. The molecule has 1 fully saturated rings. The maximum Gasteiger partial charge on any atom is 0.422 e. The summed E-state index contributed by atoms with van der Waals surface area (Å²) in [5.41, 5.74) is 0.984. The molecule has 1 aliphatic heterocycles. The number of ether oxygens (including phenoxy) is 1. The Bertz CT molecular complexity index is 532. The summed E-state index contributed by atoms with van der Waals surface area (Å²) in [6.45, 7) is 1.88. The summed E-state index contributed by atoms with van der Waals surface area (Å²) in [5, 5.41) is 5.97. The van der Waals surface area contributed by atoms with Crippen LogP contribution in [-0.2, 0) is 4.79 Å². The number of nitrogens with one attached hydrogen (secondary N) is 2. The third-order valence-electron chi connectivity index (χ3n) is 3.64. The zero-order chi connectivity index (χ0) is 16.2. The number of rotatable bonds is 4. The molecule has 0 saturated carbocycles. The Morgan fingerprint density at radius 1 is 1.35 bits per heavy atom. The number of benzene rings is 1. The fraction of sp³-hybridized carbons (Fsp3) is 0.533. The van der Waals surface area contributed by atoms with Gasteiger partial charge in [0, 0.05) is 17.2 Å². The largest absolute Gasteiger partial charge is 0.484 e. The number of anilines is 1. The van der Waals surface area contributed by atoms with Crippen LogP contribution < -0.4 is 15.4 Å². The Balaban J connectivity index is 0.00000264. The third kappa shape index (κ3) is 5.91. The lowest BCUT2D eigenvalue weighted by Gasteiger charge is -2.22. The molecule has 2 N–H and O–H groups in total. The molecule has 8 heteroatoms. The molecular weight excluding hydrogens is 333 g/mol. The van der Waals surface area contributed by atoms with Gasteiger partial charge in [-0.3, -0.25) is 4.79 Å². The molecule has 0 radical (unpaired) electrons. The molecule has 0 spiro atoms. The van der Waals surface area contributed by atoms with Crippen LogP contribution in [0.4, 0.5) is 18.9 Å². The van der Waals surface area contributed by atoms with E-state index in [9.17, 15) is 18.0 Å². The van der Waals surface area contributed by atoms with E-state index in [4.69, 9.17) is 4.74 Å². The maximum atomic E-state index is 12.2. The predicted molar refractivity (Wildman–Crippen MR) is 84.2 cm³/mol. The normalized spacial score (nSPS) is 15.7. The standard InChI is InChI=1S/C15H19F3N2O2.ClH/c1-10-12(20-14(21)11-5-7-19-8-6-11)3-2-4-13(10)22-9-15(16,17)18;/h2-4,11,19H,5-9H2,1H3,(H,20,21);1H. The first kappa shape index (κ1) is 19.6. The van der Waals surface area contributed by atoms with Crippen molar-refractivity contribution in [2.24, 2.45) is 5.92 Å². The van der Waals surface area contributed by atoms with Crippen LogP contribution in [0.2, 0.25) is 0 Å². The molecule has 1 aromatic carbocycles. The summed E-state index contributed by atoms with van der Waals surface area (Å²) in [4.78, 5) is 12.2. The summed E-state index contributed by atoms with van der Waals surface area (Å²) < 4.78 is 41.5. The van der Waals surface area contributed by atoms with Gasteiger partial charge in [0.15, 0.2) is 6.61 Å². The van der Waals surface area contributed by atoms with Crippen molar-refractivity contribution in [3.8, 4) is 5.75 Å². The van der Waals surface area contributed by atoms with Gasteiger partial charge < -0.3 is 15.4 Å². The van der Waals surface area contributed by atoms with E-state index >= 15 is 0 Å². The van der Waals surface area contributed by atoms with Crippen LogP contribution in [0.3, 0.4) is 0 Å². The third-order valence-corrected chi connectivity index (χ3v) is 3.64. The van der Waals surface area contributed by atoms with E-state index in [1.165, 1.54) is 6.07 Å². The number of amides is 1. The van der Waals surface area contributed by atoms with Crippen molar-refractivity contribution in [3.63, 3.8) is 0 Å². The molecule has 0 bridgehead atoms. The number of piperidine rings is 1. The van der Waals surface area contributed by atoms with Gasteiger partial charge in [-0.2, -0.15) is 13.2 Å². The summed E-state index contributed by atoms with van der Waals surface area (Å²) >= 11 is 0. The second kappa shape index (κ2) is 8.40. The molecule has 0 atom stereocenters. The van der Waals surface area contributed by atoms with Crippen molar-refractivity contribution < 1.29 is 22.7 Å². The molecule has 2 rings (SSSR count). The van der Waals surface area contributed by atoms with Crippen LogP contribution in [0.15, 0.2) is 18.2 Å². The first-order valence-corrected chi connectivity index (χ1v) is 7.17. The molecule has 1 heterocycles. The van der Waals surface area contributed by atoms with Gasteiger partial charge in [-0.15, -0.1) is 12.4 Å².